The molecule has 1 heterocycles. The van der Waals surface area contributed by atoms with Gasteiger partial charge in [0.15, 0.2) is 0 Å². The number of nitrogens with zero attached hydrogens (tertiary/aromatic N) is 2. The van der Waals surface area contributed by atoms with Crippen LogP contribution in [-0.4, -0.2) is 22.9 Å². The van der Waals surface area contributed by atoms with Crippen molar-refractivity contribution in [2.24, 2.45) is 0 Å². The fraction of sp³-hybridized carbons (Fsp3) is 0.667. The van der Waals surface area contributed by atoms with Crippen molar-refractivity contribution < 1.29 is 9.53 Å². The second-order valence-electron chi connectivity index (χ2n) is 4.75. The van der Waals surface area contributed by atoms with E-state index < -0.39 is 0 Å². The predicted molar refractivity (Wildman–Crippen MR) is 58.4 cm³/mol. The van der Waals surface area contributed by atoms with Gasteiger partial charge in [-0.05, 0) is 38.2 Å². The van der Waals surface area contributed by atoms with E-state index in [1.54, 1.807) is 0 Å². The first-order valence-corrected chi connectivity index (χ1v) is 5.97. The SMILES string of the molecule is COC(=O)c1cc(C2CC2)nn1C1CCC1. The van der Waals surface area contributed by atoms with E-state index in [0.717, 1.165) is 18.5 Å². The van der Waals surface area contributed by atoms with Crippen LogP contribution in [0.2, 0.25) is 0 Å². The molecule has 16 heavy (non-hydrogen) atoms. The molecule has 1 aromatic rings. The molecule has 3 rings (SSSR count). The summed E-state index contributed by atoms with van der Waals surface area (Å²) in [5.41, 5.74) is 1.71. The van der Waals surface area contributed by atoms with Gasteiger partial charge in [-0.25, -0.2) is 4.79 Å². The van der Waals surface area contributed by atoms with Crippen LogP contribution in [0.5, 0.6) is 0 Å². The summed E-state index contributed by atoms with van der Waals surface area (Å²) >= 11 is 0. The summed E-state index contributed by atoms with van der Waals surface area (Å²) in [5.74, 6) is 0.330. The second-order valence-corrected chi connectivity index (χ2v) is 4.75. The quantitative estimate of drug-likeness (QED) is 0.734. The highest BCUT2D eigenvalue weighted by Crippen LogP contribution is 2.41. The molecule has 4 heteroatoms. The van der Waals surface area contributed by atoms with Crippen LogP contribution in [0.4, 0.5) is 0 Å². The maximum Gasteiger partial charge on any atom is 0.356 e. The lowest BCUT2D eigenvalue weighted by Crippen LogP contribution is -2.22. The van der Waals surface area contributed by atoms with Gasteiger partial charge in [0.05, 0.1) is 18.8 Å². The molecule has 0 unspecified atom stereocenters. The Morgan fingerprint density at radius 3 is 2.69 bits per heavy atom. The van der Waals surface area contributed by atoms with Crippen molar-refractivity contribution in [3.8, 4) is 0 Å². The second kappa shape index (κ2) is 3.61. The molecule has 2 fully saturated rings. The van der Waals surface area contributed by atoms with E-state index in [9.17, 15) is 4.79 Å². The van der Waals surface area contributed by atoms with E-state index in [2.05, 4.69) is 5.10 Å². The fourth-order valence-electron chi connectivity index (χ4n) is 2.16. The van der Waals surface area contributed by atoms with E-state index in [0.29, 0.717) is 17.7 Å². The van der Waals surface area contributed by atoms with E-state index in [-0.39, 0.29) is 5.97 Å². The number of carbonyl (C=O) groups is 1. The maximum absolute atomic E-state index is 11.7. The standard InChI is InChI=1S/C12H16N2O2/c1-16-12(15)11-7-10(8-5-6-8)13-14(11)9-3-2-4-9/h7-9H,2-6H2,1H3. The van der Waals surface area contributed by atoms with Crippen LogP contribution < -0.4 is 0 Å². The molecule has 0 N–H and O–H groups in total. The van der Waals surface area contributed by atoms with Crippen molar-refractivity contribution in [1.29, 1.82) is 0 Å². The molecule has 4 nitrogen and oxygen atoms in total. The minimum atomic E-state index is -0.258. The van der Waals surface area contributed by atoms with Crippen LogP contribution in [0.15, 0.2) is 6.07 Å². The van der Waals surface area contributed by atoms with Crippen molar-refractivity contribution in [3.63, 3.8) is 0 Å². The molecule has 2 saturated carbocycles. The zero-order chi connectivity index (χ0) is 11.1. The van der Waals surface area contributed by atoms with Gasteiger partial charge in [0.2, 0.25) is 0 Å². The summed E-state index contributed by atoms with van der Waals surface area (Å²) in [5, 5.41) is 4.58. The summed E-state index contributed by atoms with van der Waals surface area (Å²) in [6, 6.07) is 2.34. The van der Waals surface area contributed by atoms with Crippen LogP contribution >= 0.6 is 0 Å². The normalized spacial score (nSPS) is 20.6. The molecule has 0 aromatic carbocycles. The topological polar surface area (TPSA) is 44.1 Å². The summed E-state index contributed by atoms with van der Waals surface area (Å²) < 4.78 is 6.70. The Bertz CT molecular complexity index is 417. The summed E-state index contributed by atoms with van der Waals surface area (Å²) in [6.07, 6.45) is 5.93. The van der Waals surface area contributed by atoms with Gasteiger partial charge in [0, 0.05) is 5.92 Å². The van der Waals surface area contributed by atoms with Crippen molar-refractivity contribution in [2.45, 2.75) is 44.1 Å². The summed E-state index contributed by atoms with van der Waals surface area (Å²) in [4.78, 5) is 11.7. The number of esters is 1. The Balaban J connectivity index is 1.94. The molecule has 1 aromatic heterocycles. The van der Waals surface area contributed by atoms with E-state index >= 15 is 0 Å². The molecule has 0 amide bonds. The first-order valence-electron chi connectivity index (χ1n) is 5.97. The monoisotopic (exact) mass is 220 g/mol. The lowest BCUT2D eigenvalue weighted by Gasteiger charge is -2.26. The van der Waals surface area contributed by atoms with Gasteiger partial charge in [-0.1, -0.05) is 0 Å². The molecule has 0 saturated heterocycles. The molecule has 2 aliphatic rings. The van der Waals surface area contributed by atoms with Crippen molar-refractivity contribution in [3.05, 3.63) is 17.5 Å². The smallest absolute Gasteiger partial charge is 0.356 e. The number of carbonyl (C=O) groups excluding carboxylic acids is 1. The van der Waals surface area contributed by atoms with Gasteiger partial charge >= 0.3 is 5.97 Å². The molecule has 0 bridgehead atoms. The van der Waals surface area contributed by atoms with Gasteiger partial charge in [0.1, 0.15) is 5.69 Å². The Labute approximate surface area is 94.6 Å². The van der Waals surface area contributed by atoms with Gasteiger partial charge in [0.25, 0.3) is 0 Å². The van der Waals surface area contributed by atoms with E-state index in [4.69, 9.17) is 4.74 Å². The van der Waals surface area contributed by atoms with Crippen molar-refractivity contribution in [1.82, 2.24) is 9.78 Å². The molecular formula is C12H16N2O2. The van der Waals surface area contributed by atoms with Gasteiger partial charge < -0.3 is 4.74 Å². The average molecular weight is 220 g/mol. The Hall–Kier alpha value is -1.32. The first-order chi connectivity index (χ1) is 7.79. The number of ether oxygens (including phenoxy) is 1. The molecule has 0 aliphatic heterocycles. The Morgan fingerprint density at radius 1 is 1.44 bits per heavy atom. The Morgan fingerprint density at radius 2 is 2.19 bits per heavy atom. The van der Waals surface area contributed by atoms with Crippen LogP contribution in [0, 0.1) is 0 Å². The summed E-state index contributed by atoms with van der Waals surface area (Å²) in [7, 11) is 1.43. The zero-order valence-electron chi connectivity index (χ0n) is 9.48. The largest absolute Gasteiger partial charge is 0.464 e. The van der Waals surface area contributed by atoms with Gasteiger partial charge in [-0.3, -0.25) is 4.68 Å². The highest BCUT2D eigenvalue weighted by molar-refractivity contribution is 5.87. The molecule has 0 atom stereocenters. The van der Waals surface area contributed by atoms with Crippen LogP contribution in [0.1, 0.15) is 60.2 Å². The Kier molecular flexibility index (Phi) is 2.23. The number of hydrogen-bond donors (Lipinski definition) is 0. The predicted octanol–water partition coefficient (Wildman–Crippen LogP) is 2.27. The molecule has 86 valence electrons. The lowest BCUT2D eigenvalue weighted by atomic mass is 9.93. The van der Waals surface area contributed by atoms with Crippen LogP contribution in [0.25, 0.3) is 0 Å². The minimum absolute atomic E-state index is 0.258. The first kappa shape index (κ1) is 9.87. The lowest BCUT2D eigenvalue weighted by molar-refractivity contribution is 0.0578. The zero-order valence-corrected chi connectivity index (χ0v) is 9.48. The van der Waals surface area contributed by atoms with Gasteiger partial charge in [-0.2, -0.15) is 5.10 Å². The maximum atomic E-state index is 11.7. The third-order valence-electron chi connectivity index (χ3n) is 3.57. The van der Waals surface area contributed by atoms with Gasteiger partial charge in [-0.15, -0.1) is 0 Å². The molecular weight excluding hydrogens is 204 g/mol. The number of aromatic nitrogens is 2. The molecule has 0 radical (unpaired) electrons. The average Bonchev–Trinajstić information content (AvgIpc) is 2.97. The van der Waals surface area contributed by atoms with Crippen LogP contribution in [0.3, 0.4) is 0 Å². The number of methoxy groups -OCH3 is 1. The van der Waals surface area contributed by atoms with E-state index in [1.165, 1.54) is 26.4 Å². The molecule has 2 aliphatic carbocycles. The van der Waals surface area contributed by atoms with Crippen molar-refractivity contribution >= 4 is 5.97 Å². The van der Waals surface area contributed by atoms with Crippen molar-refractivity contribution in [2.75, 3.05) is 7.11 Å². The third-order valence-corrected chi connectivity index (χ3v) is 3.57. The number of hydrogen-bond acceptors (Lipinski definition) is 3. The highest BCUT2D eigenvalue weighted by atomic mass is 16.5. The number of rotatable bonds is 3. The molecule has 0 spiro atoms. The third kappa shape index (κ3) is 1.52. The minimum Gasteiger partial charge on any atom is -0.464 e. The van der Waals surface area contributed by atoms with E-state index in [1.807, 2.05) is 10.7 Å². The van der Waals surface area contributed by atoms with Crippen LogP contribution in [-0.2, 0) is 4.74 Å². The highest BCUT2D eigenvalue weighted by Gasteiger charge is 2.32. The fourth-order valence-corrected chi connectivity index (χ4v) is 2.16. The summed E-state index contributed by atoms with van der Waals surface area (Å²) in [6.45, 7) is 0.